The average molecular weight is 275 g/mol. The van der Waals surface area contributed by atoms with Crippen molar-refractivity contribution in [1.82, 2.24) is 5.32 Å². The third-order valence-electron chi connectivity index (χ3n) is 3.94. The molecule has 0 saturated heterocycles. The molecule has 0 spiro atoms. The molecular formula is C17H25NO2. The lowest BCUT2D eigenvalue weighted by Gasteiger charge is -2.29. The van der Waals surface area contributed by atoms with Gasteiger partial charge in [0.1, 0.15) is 0 Å². The largest absolute Gasteiger partial charge is 0.396 e. The van der Waals surface area contributed by atoms with Gasteiger partial charge in [-0.2, -0.15) is 0 Å². The molecule has 1 aromatic carbocycles. The highest BCUT2D eigenvalue weighted by molar-refractivity contribution is 5.91. The van der Waals surface area contributed by atoms with Crippen molar-refractivity contribution in [2.24, 2.45) is 5.41 Å². The standard InChI is InChI=1S/C17H25NO2/c1-4-17(5-2,13-19)12-18-16(20)10-9-15-8-6-7-14(3)11-15/h6-11,19H,4-5,12-13H2,1-3H3,(H,18,20)/b10-9+. The molecule has 20 heavy (non-hydrogen) atoms. The molecule has 0 heterocycles. The zero-order valence-corrected chi connectivity index (χ0v) is 12.6. The van der Waals surface area contributed by atoms with Gasteiger partial charge in [-0.3, -0.25) is 4.79 Å². The van der Waals surface area contributed by atoms with Gasteiger partial charge < -0.3 is 10.4 Å². The molecule has 1 aromatic rings. The van der Waals surface area contributed by atoms with Gasteiger partial charge in [0.2, 0.25) is 5.91 Å². The van der Waals surface area contributed by atoms with E-state index in [9.17, 15) is 9.90 Å². The minimum Gasteiger partial charge on any atom is -0.396 e. The highest BCUT2D eigenvalue weighted by Crippen LogP contribution is 2.24. The molecule has 0 aliphatic carbocycles. The van der Waals surface area contributed by atoms with Crippen LogP contribution in [0.5, 0.6) is 0 Å². The third kappa shape index (κ3) is 4.82. The fraction of sp³-hybridized carbons (Fsp3) is 0.471. The Bertz CT molecular complexity index is 454. The van der Waals surface area contributed by atoms with Crippen LogP contribution in [0.2, 0.25) is 0 Å². The summed E-state index contributed by atoms with van der Waals surface area (Å²) >= 11 is 0. The molecule has 0 aliphatic heterocycles. The Morgan fingerprint density at radius 3 is 2.60 bits per heavy atom. The molecule has 0 saturated carbocycles. The fourth-order valence-electron chi connectivity index (χ4n) is 2.06. The summed E-state index contributed by atoms with van der Waals surface area (Å²) in [6.07, 6.45) is 5.05. The maximum absolute atomic E-state index is 11.8. The number of hydrogen-bond acceptors (Lipinski definition) is 2. The molecular weight excluding hydrogens is 250 g/mol. The average Bonchev–Trinajstić information content (AvgIpc) is 2.47. The van der Waals surface area contributed by atoms with Crippen molar-refractivity contribution in [3.8, 4) is 0 Å². The Morgan fingerprint density at radius 2 is 2.05 bits per heavy atom. The normalized spacial score (nSPS) is 11.8. The van der Waals surface area contributed by atoms with E-state index in [1.807, 2.05) is 45.0 Å². The van der Waals surface area contributed by atoms with Gasteiger partial charge in [0.05, 0.1) is 6.61 Å². The van der Waals surface area contributed by atoms with Gasteiger partial charge in [0.15, 0.2) is 0 Å². The van der Waals surface area contributed by atoms with Crippen LogP contribution in [0.1, 0.15) is 37.8 Å². The van der Waals surface area contributed by atoms with Crippen LogP contribution in [0.3, 0.4) is 0 Å². The van der Waals surface area contributed by atoms with Gasteiger partial charge in [-0.05, 0) is 31.4 Å². The molecule has 0 bridgehead atoms. The number of nitrogens with one attached hydrogen (secondary N) is 1. The number of aliphatic hydroxyl groups is 1. The molecule has 3 nitrogen and oxygen atoms in total. The van der Waals surface area contributed by atoms with Crippen LogP contribution in [0, 0.1) is 12.3 Å². The molecule has 2 N–H and O–H groups in total. The van der Waals surface area contributed by atoms with E-state index in [4.69, 9.17) is 0 Å². The van der Waals surface area contributed by atoms with Crippen molar-refractivity contribution >= 4 is 12.0 Å². The highest BCUT2D eigenvalue weighted by atomic mass is 16.3. The van der Waals surface area contributed by atoms with Crippen molar-refractivity contribution in [2.75, 3.05) is 13.2 Å². The summed E-state index contributed by atoms with van der Waals surface area (Å²) in [4.78, 5) is 11.8. The lowest BCUT2D eigenvalue weighted by Crippen LogP contribution is -2.38. The van der Waals surface area contributed by atoms with Crippen LogP contribution in [0.15, 0.2) is 30.3 Å². The topological polar surface area (TPSA) is 49.3 Å². The molecule has 0 unspecified atom stereocenters. The number of benzene rings is 1. The summed E-state index contributed by atoms with van der Waals surface area (Å²) in [6, 6.07) is 7.99. The monoisotopic (exact) mass is 275 g/mol. The minimum absolute atomic E-state index is 0.0991. The van der Waals surface area contributed by atoms with Crippen molar-refractivity contribution in [1.29, 1.82) is 0 Å². The lowest BCUT2D eigenvalue weighted by molar-refractivity contribution is -0.117. The minimum atomic E-state index is -0.202. The Labute approximate surface area is 121 Å². The molecule has 0 fully saturated rings. The molecule has 1 rings (SSSR count). The molecule has 0 radical (unpaired) electrons. The summed E-state index contributed by atoms with van der Waals surface area (Å²) in [5.41, 5.74) is 1.98. The maximum atomic E-state index is 11.8. The van der Waals surface area contributed by atoms with Crippen LogP contribution in [0.25, 0.3) is 6.08 Å². The van der Waals surface area contributed by atoms with E-state index in [2.05, 4.69) is 5.32 Å². The first-order valence-corrected chi connectivity index (χ1v) is 7.18. The van der Waals surface area contributed by atoms with Gasteiger partial charge in [-0.15, -0.1) is 0 Å². The molecule has 1 amide bonds. The van der Waals surface area contributed by atoms with E-state index in [1.165, 1.54) is 5.56 Å². The molecule has 110 valence electrons. The summed E-state index contributed by atoms with van der Waals surface area (Å²) in [5.74, 6) is -0.119. The number of rotatable bonds is 7. The number of aliphatic hydroxyl groups excluding tert-OH is 1. The van der Waals surface area contributed by atoms with E-state index in [-0.39, 0.29) is 17.9 Å². The van der Waals surface area contributed by atoms with Crippen molar-refractivity contribution < 1.29 is 9.90 Å². The smallest absolute Gasteiger partial charge is 0.244 e. The van der Waals surface area contributed by atoms with Crippen LogP contribution >= 0.6 is 0 Å². The zero-order valence-electron chi connectivity index (χ0n) is 12.6. The second kappa shape index (κ2) is 7.85. The SMILES string of the molecule is CCC(CC)(CO)CNC(=O)/C=C/c1cccc(C)c1. The Kier molecular flexibility index (Phi) is 6.46. The third-order valence-corrected chi connectivity index (χ3v) is 3.94. The molecule has 0 atom stereocenters. The van der Waals surface area contributed by atoms with Gasteiger partial charge >= 0.3 is 0 Å². The first-order valence-electron chi connectivity index (χ1n) is 7.18. The van der Waals surface area contributed by atoms with E-state index in [1.54, 1.807) is 12.2 Å². The quantitative estimate of drug-likeness (QED) is 0.752. The second-order valence-corrected chi connectivity index (χ2v) is 5.33. The number of carbonyl (C=O) groups is 1. The van der Waals surface area contributed by atoms with Gasteiger partial charge in [0, 0.05) is 18.0 Å². The van der Waals surface area contributed by atoms with E-state index < -0.39 is 0 Å². The lowest BCUT2D eigenvalue weighted by atomic mass is 9.83. The summed E-state index contributed by atoms with van der Waals surface area (Å²) < 4.78 is 0. The predicted octanol–water partition coefficient (Wildman–Crippen LogP) is 2.92. The van der Waals surface area contributed by atoms with Crippen LogP contribution in [-0.4, -0.2) is 24.2 Å². The van der Waals surface area contributed by atoms with E-state index in [0.29, 0.717) is 6.54 Å². The van der Waals surface area contributed by atoms with Crippen molar-refractivity contribution in [3.63, 3.8) is 0 Å². The fourth-order valence-corrected chi connectivity index (χ4v) is 2.06. The second-order valence-electron chi connectivity index (χ2n) is 5.33. The molecule has 3 heteroatoms. The summed E-state index contributed by atoms with van der Waals surface area (Å²) in [7, 11) is 0. The highest BCUT2D eigenvalue weighted by Gasteiger charge is 2.25. The Hall–Kier alpha value is -1.61. The summed E-state index contributed by atoms with van der Waals surface area (Å²) in [6.45, 7) is 6.70. The number of aryl methyl sites for hydroxylation is 1. The summed E-state index contributed by atoms with van der Waals surface area (Å²) in [5, 5.41) is 12.3. The van der Waals surface area contributed by atoms with Crippen LogP contribution < -0.4 is 5.32 Å². The Morgan fingerprint density at radius 1 is 1.35 bits per heavy atom. The molecule has 0 aliphatic rings. The van der Waals surface area contributed by atoms with Gasteiger partial charge in [-0.1, -0.05) is 43.7 Å². The predicted molar refractivity (Wildman–Crippen MR) is 83.3 cm³/mol. The van der Waals surface area contributed by atoms with E-state index in [0.717, 1.165) is 18.4 Å². The maximum Gasteiger partial charge on any atom is 0.244 e. The first-order chi connectivity index (χ1) is 9.55. The number of hydrogen-bond donors (Lipinski definition) is 2. The first kappa shape index (κ1) is 16.4. The number of carbonyl (C=O) groups excluding carboxylic acids is 1. The molecule has 0 aromatic heterocycles. The van der Waals surface area contributed by atoms with Gasteiger partial charge in [0.25, 0.3) is 0 Å². The van der Waals surface area contributed by atoms with Crippen LogP contribution in [-0.2, 0) is 4.79 Å². The number of amides is 1. The van der Waals surface area contributed by atoms with Crippen molar-refractivity contribution in [3.05, 3.63) is 41.5 Å². The van der Waals surface area contributed by atoms with Gasteiger partial charge in [-0.25, -0.2) is 0 Å². The van der Waals surface area contributed by atoms with E-state index >= 15 is 0 Å². The van der Waals surface area contributed by atoms with Crippen molar-refractivity contribution in [2.45, 2.75) is 33.6 Å². The zero-order chi connectivity index (χ0) is 15.0. The van der Waals surface area contributed by atoms with Crippen LogP contribution in [0.4, 0.5) is 0 Å². The Balaban J connectivity index is 2.55.